The highest BCUT2D eigenvalue weighted by atomic mass is 16.5. The van der Waals surface area contributed by atoms with Gasteiger partial charge in [0.05, 0.1) is 6.54 Å². The summed E-state index contributed by atoms with van der Waals surface area (Å²) in [5, 5.41) is 0. The van der Waals surface area contributed by atoms with Crippen molar-refractivity contribution in [1.29, 1.82) is 0 Å². The Kier molecular flexibility index (Phi) is 7.69. The van der Waals surface area contributed by atoms with Gasteiger partial charge >= 0.3 is 0 Å². The fourth-order valence-electron chi connectivity index (χ4n) is 3.84. The first kappa shape index (κ1) is 20.6. The number of likely N-dealkylation sites (tertiary alicyclic amines) is 1. The molecule has 1 amide bonds. The maximum atomic E-state index is 12.4. The Bertz CT molecular complexity index is 720. The highest BCUT2D eigenvalue weighted by Crippen LogP contribution is 2.24. The number of methoxy groups -OCH3 is 1. The number of benzene rings is 1. The molecule has 0 unspecified atom stereocenters. The molecule has 3 rings (SSSR count). The summed E-state index contributed by atoms with van der Waals surface area (Å²) in [7, 11) is 3.58. The summed E-state index contributed by atoms with van der Waals surface area (Å²) >= 11 is 0. The van der Waals surface area contributed by atoms with Crippen molar-refractivity contribution in [3.63, 3.8) is 0 Å². The lowest BCUT2D eigenvalue weighted by Crippen LogP contribution is -2.34. The summed E-state index contributed by atoms with van der Waals surface area (Å²) in [5.41, 5.74) is 1.18. The Balaban J connectivity index is 1.35. The average molecular weight is 385 g/mol. The van der Waals surface area contributed by atoms with E-state index in [2.05, 4.69) is 17.0 Å². The Labute approximate surface area is 168 Å². The third kappa shape index (κ3) is 6.21. The predicted molar refractivity (Wildman–Crippen MR) is 110 cm³/mol. The predicted octanol–water partition coefficient (Wildman–Crippen LogP) is 4.08. The molecule has 1 aromatic heterocycles. The van der Waals surface area contributed by atoms with Crippen LogP contribution in [0.15, 0.2) is 46.9 Å². The fourth-order valence-corrected chi connectivity index (χ4v) is 3.84. The van der Waals surface area contributed by atoms with Crippen LogP contribution in [0.1, 0.15) is 42.8 Å². The monoisotopic (exact) mass is 384 g/mol. The van der Waals surface area contributed by atoms with Gasteiger partial charge in [0.25, 0.3) is 0 Å². The molecule has 152 valence electrons. The molecule has 0 radical (unpaired) electrons. The number of hydrogen-bond donors (Lipinski definition) is 0. The summed E-state index contributed by atoms with van der Waals surface area (Å²) < 4.78 is 10.9. The number of nitrogens with zero attached hydrogens (tertiary/aromatic N) is 2. The van der Waals surface area contributed by atoms with Crippen molar-refractivity contribution in [1.82, 2.24) is 9.80 Å². The number of furan rings is 1. The third-order valence-corrected chi connectivity index (χ3v) is 5.55. The molecule has 1 aliphatic rings. The first-order chi connectivity index (χ1) is 13.6. The molecule has 0 N–H and O–H groups in total. The molecule has 0 saturated carbocycles. The molecule has 1 fully saturated rings. The minimum atomic E-state index is 0.243. The van der Waals surface area contributed by atoms with Crippen molar-refractivity contribution in [2.45, 2.75) is 45.4 Å². The molecule has 5 nitrogen and oxygen atoms in total. The molecule has 2 heterocycles. The second-order valence-electron chi connectivity index (χ2n) is 7.79. The Morgan fingerprint density at radius 3 is 2.57 bits per heavy atom. The molecular formula is C23H32N2O3. The van der Waals surface area contributed by atoms with Crippen molar-refractivity contribution < 1.29 is 13.9 Å². The molecule has 1 aliphatic heterocycles. The van der Waals surface area contributed by atoms with E-state index in [-0.39, 0.29) is 5.91 Å². The number of rotatable bonds is 9. The topological polar surface area (TPSA) is 45.9 Å². The lowest BCUT2D eigenvalue weighted by molar-refractivity contribution is -0.130. The maximum Gasteiger partial charge on any atom is 0.222 e. The zero-order valence-corrected chi connectivity index (χ0v) is 17.1. The largest absolute Gasteiger partial charge is 0.462 e. The normalized spacial score (nSPS) is 15.6. The van der Waals surface area contributed by atoms with E-state index >= 15 is 0 Å². The number of ether oxygens (including phenoxy) is 1. The van der Waals surface area contributed by atoms with Crippen LogP contribution in [0.25, 0.3) is 0 Å². The fraction of sp³-hybridized carbons (Fsp3) is 0.522. The lowest BCUT2D eigenvalue weighted by atomic mass is 9.92. The molecule has 28 heavy (non-hydrogen) atoms. The van der Waals surface area contributed by atoms with Crippen molar-refractivity contribution in [3.05, 3.63) is 59.5 Å². The van der Waals surface area contributed by atoms with Crippen LogP contribution < -0.4 is 0 Å². The number of hydrogen-bond acceptors (Lipinski definition) is 4. The number of amides is 1. The van der Waals surface area contributed by atoms with E-state index in [1.165, 1.54) is 5.56 Å². The average Bonchev–Trinajstić information content (AvgIpc) is 3.15. The summed E-state index contributed by atoms with van der Waals surface area (Å²) in [6, 6.07) is 14.2. The van der Waals surface area contributed by atoms with Crippen LogP contribution in [0.2, 0.25) is 0 Å². The first-order valence-electron chi connectivity index (χ1n) is 10.2. The quantitative estimate of drug-likeness (QED) is 0.654. The van der Waals surface area contributed by atoms with Crippen molar-refractivity contribution >= 4 is 5.91 Å². The lowest BCUT2D eigenvalue weighted by Gasteiger charge is -2.31. The van der Waals surface area contributed by atoms with Gasteiger partial charge in [-0.1, -0.05) is 30.3 Å². The highest BCUT2D eigenvalue weighted by molar-refractivity contribution is 5.75. The van der Waals surface area contributed by atoms with Crippen LogP contribution in [0.5, 0.6) is 0 Å². The van der Waals surface area contributed by atoms with Crippen LogP contribution >= 0.6 is 0 Å². The Morgan fingerprint density at radius 1 is 1.14 bits per heavy atom. The van der Waals surface area contributed by atoms with E-state index in [0.29, 0.717) is 25.5 Å². The van der Waals surface area contributed by atoms with Gasteiger partial charge in [0.2, 0.25) is 5.91 Å². The van der Waals surface area contributed by atoms with E-state index in [1.807, 2.05) is 42.3 Å². The smallest absolute Gasteiger partial charge is 0.222 e. The number of carbonyl (C=O) groups excluding carboxylic acids is 1. The van der Waals surface area contributed by atoms with Gasteiger partial charge in [-0.25, -0.2) is 0 Å². The maximum absolute atomic E-state index is 12.4. The van der Waals surface area contributed by atoms with Gasteiger partial charge in [0.15, 0.2) is 0 Å². The van der Waals surface area contributed by atoms with E-state index in [4.69, 9.17) is 9.15 Å². The summed E-state index contributed by atoms with van der Waals surface area (Å²) in [6.07, 6.45) is 3.94. The summed E-state index contributed by atoms with van der Waals surface area (Å²) in [5.74, 6) is 2.77. The van der Waals surface area contributed by atoms with E-state index in [1.54, 1.807) is 7.11 Å². The van der Waals surface area contributed by atoms with Gasteiger partial charge in [-0.15, -0.1) is 0 Å². The standard InChI is InChI=1S/C23H32N2O3/c1-24(16-20-6-4-3-5-7-20)23(26)11-8-19-12-14-25(15-13-19)17-21-9-10-22(28-21)18-27-2/h3-7,9-10,19H,8,11-18H2,1-2H3. The second kappa shape index (κ2) is 10.4. The zero-order chi connectivity index (χ0) is 19.8. The van der Waals surface area contributed by atoms with E-state index in [0.717, 1.165) is 50.4 Å². The summed E-state index contributed by atoms with van der Waals surface area (Å²) in [4.78, 5) is 16.7. The summed E-state index contributed by atoms with van der Waals surface area (Å²) in [6.45, 7) is 4.20. The van der Waals surface area contributed by atoms with E-state index in [9.17, 15) is 4.79 Å². The van der Waals surface area contributed by atoms with Crippen LogP contribution in [-0.2, 0) is 29.2 Å². The minimum Gasteiger partial charge on any atom is -0.462 e. The van der Waals surface area contributed by atoms with Gasteiger partial charge in [-0.05, 0) is 56.0 Å². The molecule has 1 saturated heterocycles. The number of piperidine rings is 1. The molecule has 1 aromatic carbocycles. The highest BCUT2D eigenvalue weighted by Gasteiger charge is 2.21. The number of carbonyl (C=O) groups is 1. The minimum absolute atomic E-state index is 0.243. The van der Waals surface area contributed by atoms with Gasteiger partial charge < -0.3 is 14.1 Å². The SMILES string of the molecule is COCc1ccc(CN2CCC(CCC(=O)N(C)Cc3ccccc3)CC2)o1. The van der Waals surface area contributed by atoms with Crippen molar-refractivity contribution in [2.24, 2.45) is 5.92 Å². The van der Waals surface area contributed by atoms with Crippen LogP contribution in [0.3, 0.4) is 0 Å². The van der Waals surface area contributed by atoms with Crippen LogP contribution in [0.4, 0.5) is 0 Å². The van der Waals surface area contributed by atoms with E-state index < -0.39 is 0 Å². The molecule has 0 aliphatic carbocycles. The Hall–Kier alpha value is -2.11. The van der Waals surface area contributed by atoms with Crippen LogP contribution in [-0.4, -0.2) is 43.0 Å². The molecular weight excluding hydrogens is 352 g/mol. The van der Waals surface area contributed by atoms with Crippen molar-refractivity contribution in [3.8, 4) is 0 Å². The third-order valence-electron chi connectivity index (χ3n) is 5.55. The van der Waals surface area contributed by atoms with Crippen molar-refractivity contribution in [2.75, 3.05) is 27.2 Å². The second-order valence-corrected chi connectivity index (χ2v) is 7.79. The zero-order valence-electron chi connectivity index (χ0n) is 17.1. The molecule has 0 spiro atoms. The van der Waals surface area contributed by atoms with Gasteiger partial charge in [0, 0.05) is 27.1 Å². The molecule has 0 bridgehead atoms. The van der Waals surface area contributed by atoms with Gasteiger partial charge in [0.1, 0.15) is 18.1 Å². The first-order valence-corrected chi connectivity index (χ1v) is 10.2. The molecule has 2 aromatic rings. The van der Waals surface area contributed by atoms with Gasteiger partial charge in [-0.3, -0.25) is 9.69 Å². The molecule has 5 heteroatoms. The molecule has 0 atom stereocenters. The van der Waals surface area contributed by atoms with Crippen LogP contribution in [0, 0.1) is 5.92 Å². The van der Waals surface area contributed by atoms with Gasteiger partial charge in [-0.2, -0.15) is 0 Å². The Morgan fingerprint density at radius 2 is 1.86 bits per heavy atom.